The van der Waals surface area contributed by atoms with Crippen LogP contribution in [0.3, 0.4) is 0 Å². The van der Waals surface area contributed by atoms with Crippen molar-refractivity contribution in [3.63, 3.8) is 0 Å². The summed E-state index contributed by atoms with van der Waals surface area (Å²) in [4.78, 5) is 14.2. The number of ether oxygens (including phenoxy) is 1. The molecule has 2 saturated heterocycles. The number of hydrogen-bond acceptors (Lipinski definition) is 3. The van der Waals surface area contributed by atoms with Gasteiger partial charge in [-0.1, -0.05) is 17.7 Å². The third kappa shape index (κ3) is 2.53. The molecular weight excluding hydrogens is 283 g/mol. The van der Waals surface area contributed by atoms with Gasteiger partial charge in [-0.05, 0) is 12.1 Å². The number of carbonyl (C=O) groups excluding carboxylic acids is 1. The molecule has 1 amide bonds. The molecule has 2 fully saturated rings. The molecule has 2 heterocycles. The lowest BCUT2D eigenvalue weighted by Gasteiger charge is -2.37. The van der Waals surface area contributed by atoms with Crippen molar-refractivity contribution in [3.8, 4) is 0 Å². The highest BCUT2D eigenvalue weighted by molar-refractivity contribution is 6.31. The Labute approximate surface area is 121 Å². The molecule has 2 atom stereocenters. The molecule has 2 aliphatic rings. The molecule has 1 aromatic rings. The van der Waals surface area contributed by atoms with Gasteiger partial charge >= 0.3 is 0 Å². The fourth-order valence-corrected chi connectivity index (χ4v) is 3.08. The number of morpholine rings is 1. The van der Waals surface area contributed by atoms with Crippen LogP contribution in [0.5, 0.6) is 0 Å². The van der Waals surface area contributed by atoms with E-state index in [9.17, 15) is 9.18 Å². The van der Waals surface area contributed by atoms with E-state index in [1.54, 1.807) is 11.0 Å². The van der Waals surface area contributed by atoms with Gasteiger partial charge in [0.1, 0.15) is 5.82 Å². The second-order valence-electron chi connectivity index (χ2n) is 5.10. The topological polar surface area (TPSA) is 41.6 Å². The maximum Gasteiger partial charge on any atom is 0.227 e. The van der Waals surface area contributed by atoms with E-state index in [-0.39, 0.29) is 30.0 Å². The lowest BCUT2D eigenvalue weighted by Crippen LogP contribution is -2.53. The van der Waals surface area contributed by atoms with Crippen LogP contribution in [0.2, 0.25) is 5.02 Å². The quantitative estimate of drug-likeness (QED) is 0.893. The van der Waals surface area contributed by atoms with Crippen LogP contribution in [0.25, 0.3) is 0 Å². The van der Waals surface area contributed by atoms with Crippen molar-refractivity contribution in [2.45, 2.75) is 18.6 Å². The highest BCUT2D eigenvalue weighted by Crippen LogP contribution is 2.23. The Balaban J connectivity index is 1.76. The molecule has 2 aliphatic heterocycles. The first kappa shape index (κ1) is 13.8. The Kier molecular flexibility index (Phi) is 3.92. The normalized spacial score (nSPS) is 25.6. The molecule has 108 valence electrons. The van der Waals surface area contributed by atoms with Crippen molar-refractivity contribution in [3.05, 3.63) is 34.6 Å². The third-order valence-electron chi connectivity index (χ3n) is 3.90. The lowest BCUT2D eigenvalue weighted by atomic mass is 10.1. The number of amides is 1. The summed E-state index contributed by atoms with van der Waals surface area (Å²) in [6, 6.07) is 4.51. The summed E-state index contributed by atoms with van der Waals surface area (Å²) < 4.78 is 19.4. The Morgan fingerprint density at radius 1 is 1.50 bits per heavy atom. The van der Waals surface area contributed by atoms with E-state index in [2.05, 4.69) is 5.32 Å². The number of carbonyl (C=O) groups is 1. The summed E-state index contributed by atoms with van der Waals surface area (Å²) in [6.45, 7) is 2.56. The van der Waals surface area contributed by atoms with E-state index in [1.807, 2.05) is 0 Å². The van der Waals surface area contributed by atoms with Crippen LogP contribution in [-0.2, 0) is 16.0 Å². The van der Waals surface area contributed by atoms with Crippen molar-refractivity contribution in [2.24, 2.45) is 0 Å². The average molecular weight is 299 g/mol. The Morgan fingerprint density at radius 2 is 2.35 bits per heavy atom. The van der Waals surface area contributed by atoms with Gasteiger partial charge in [-0.2, -0.15) is 0 Å². The summed E-state index contributed by atoms with van der Waals surface area (Å²) in [5, 5.41) is 3.52. The highest BCUT2D eigenvalue weighted by atomic mass is 35.5. The number of halogens is 2. The number of nitrogens with one attached hydrogen (secondary N) is 1. The average Bonchev–Trinajstić information content (AvgIpc) is 2.91. The summed E-state index contributed by atoms with van der Waals surface area (Å²) in [7, 11) is 0. The maximum absolute atomic E-state index is 13.8. The van der Waals surface area contributed by atoms with Gasteiger partial charge < -0.3 is 15.0 Å². The van der Waals surface area contributed by atoms with Gasteiger partial charge in [0.05, 0.1) is 25.2 Å². The predicted octanol–water partition coefficient (Wildman–Crippen LogP) is 1.22. The number of fused-ring (bicyclic) bond motifs is 1. The van der Waals surface area contributed by atoms with Gasteiger partial charge in [-0.3, -0.25) is 4.79 Å². The molecule has 0 saturated carbocycles. The van der Waals surface area contributed by atoms with Crippen LogP contribution in [0.15, 0.2) is 18.2 Å². The smallest absolute Gasteiger partial charge is 0.227 e. The first-order valence-corrected chi connectivity index (χ1v) is 7.09. The molecular formula is C14H16ClFN2O2. The van der Waals surface area contributed by atoms with Crippen molar-refractivity contribution in [1.82, 2.24) is 10.2 Å². The van der Waals surface area contributed by atoms with Crippen LogP contribution in [0, 0.1) is 5.82 Å². The zero-order valence-corrected chi connectivity index (χ0v) is 11.7. The van der Waals surface area contributed by atoms with Crippen molar-refractivity contribution < 1.29 is 13.9 Å². The van der Waals surface area contributed by atoms with Crippen LogP contribution < -0.4 is 5.32 Å². The fraction of sp³-hybridized carbons (Fsp3) is 0.500. The maximum atomic E-state index is 13.8. The molecule has 0 bridgehead atoms. The fourth-order valence-electron chi connectivity index (χ4n) is 2.85. The summed E-state index contributed by atoms with van der Waals surface area (Å²) in [5.41, 5.74) is 0.271. The van der Waals surface area contributed by atoms with Crippen LogP contribution >= 0.6 is 11.6 Å². The predicted molar refractivity (Wildman–Crippen MR) is 73.2 cm³/mol. The van der Waals surface area contributed by atoms with Crippen molar-refractivity contribution in [2.75, 3.05) is 26.2 Å². The number of rotatable bonds is 2. The minimum absolute atomic E-state index is 0.00523. The van der Waals surface area contributed by atoms with E-state index in [4.69, 9.17) is 16.3 Å². The monoisotopic (exact) mass is 298 g/mol. The van der Waals surface area contributed by atoms with E-state index >= 15 is 0 Å². The molecule has 20 heavy (non-hydrogen) atoms. The number of hydrogen-bond donors (Lipinski definition) is 1. The summed E-state index contributed by atoms with van der Waals surface area (Å²) in [5.74, 6) is -0.529. The number of benzene rings is 1. The molecule has 0 aromatic heterocycles. The standard InChI is InChI=1S/C14H16ClFN2O2/c15-10-2-1-3-11(16)9(10)6-14(19)18-4-5-20-13-8-17-7-12(13)18/h1-3,12-13,17H,4-8H2/t12-,13+/m1/s1. The third-order valence-corrected chi connectivity index (χ3v) is 4.26. The van der Waals surface area contributed by atoms with Gasteiger partial charge in [0.25, 0.3) is 0 Å². The van der Waals surface area contributed by atoms with Crippen LogP contribution in [0.1, 0.15) is 5.56 Å². The van der Waals surface area contributed by atoms with Gasteiger partial charge in [0, 0.05) is 30.2 Å². The molecule has 1 N–H and O–H groups in total. The van der Waals surface area contributed by atoms with Gasteiger partial charge in [-0.15, -0.1) is 0 Å². The molecule has 0 spiro atoms. The van der Waals surface area contributed by atoms with Crippen LogP contribution in [-0.4, -0.2) is 49.2 Å². The molecule has 0 unspecified atom stereocenters. The summed E-state index contributed by atoms with van der Waals surface area (Å²) >= 11 is 5.98. The minimum atomic E-state index is -0.430. The minimum Gasteiger partial charge on any atom is -0.373 e. The van der Waals surface area contributed by atoms with Crippen molar-refractivity contribution in [1.29, 1.82) is 0 Å². The van der Waals surface area contributed by atoms with Gasteiger partial charge in [0.2, 0.25) is 5.91 Å². The Bertz CT molecular complexity index is 506. The molecule has 4 nitrogen and oxygen atoms in total. The molecule has 3 rings (SSSR count). The summed E-state index contributed by atoms with van der Waals surface area (Å²) in [6.07, 6.45) is 0.0399. The van der Waals surface area contributed by atoms with Gasteiger partial charge in [0.15, 0.2) is 0 Å². The lowest BCUT2D eigenvalue weighted by molar-refractivity contribution is -0.142. The molecule has 1 aromatic carbocycles. The highest BCUT2D eigenvalue weighted by Gasteiger charge is 2.38. The largest absolute Gasteiger partial charge is 0.373 e. The molecule has 6 heteroatoms. The van der Waals surface area contributed by atoms with Gasteiger partial charge in [-0.25, -0.2) is 4.39 Å². The zero-order chi connectivity index (χ0) is 14.1. The molecule has 0 aliphatic carbocycles. The van der Waals surface area contributed by atoms with Crippen LogP contribution in [0.4, 0.5) is 4.39 Å². The van der Waals surface area contributed by atoms with Crippen molar-refractivity contribution >= 4 is 17.5 Å². The second kappa shape index (κ2) is 5.68. The zero-order valence-electron chi connectivity index (χ0n) is 10.9. The Hall–Kier alpha value is -1.17. The number of nitrogens with zero attached hydrogens (tertiary/aromatic N) is 1. The Morgan fingerprint density at radius 3 is 3.15 bits per heavy atom. The van der Waals surface area contributed by atoms with E-state index in [0.717, 1.165) is 13.1 Å². The first-order chi connectivity index (χ1) is 9.66. The van der Waals surface area contributed by atoms with E-state index < -0.39 is 5.82 Å². The SMILES string of the molecule is O=C(Cc1c(F)cccc1Cl)N1CCO[C@H]2CNC[C@H]21. The van der Waals surface area contributed by atoms with E-state index in [1.165, 1.54) is 12.1 Å². The molecule has 0 radical (unpaired) electrons. The first-order valence-electron chi connectivity index (χ1n) is 6.71. The second-order valence-corrected chi connectivity index (χ2v) is 5.51. The van der Waals surface area contributed by atoms with E-state index in [0.29, 0.717) is 18.2 Å².